The number of rotatable bonds is 4. The molecule has 0 aliphatic carbocycles. The molecule has 2 aromatic heterocycles. The predicted octanol–water partition coefficient (Wildman–Crippen LogP) is 3.07. The first-order valence-corrected chi connectivity index (χ1v) is 8.26. The fraction of sp³-hybridized carbons (Fsp3) is 0.375. The number of ether oxygens (including phenoxy) is 1. The average molecular weight is 317 g/mol. The van der Waals surface area contributed by atoms with Gasteiger partial charge < -0.3 is 15.0 Å². The van der Waals surface area contributed by atoms with E-state index in [1.807, 2.05) is 41.5 Å². The Kier molecular flexibility index (Phi) is 4.58. The van der Waals surface area contributed by atoms with Crippen LogP contribution < -0.4 is 10.1 Å². The van der Waals surface area contributed by atoms with E-state index in [9.17, 15) is 4.79 Å². The highest BCUT2D eigenvalue weighted by molar-refractivity contribution is 7.10. The van der Waals surface area contributed by atoms with Gasteiger partial charge >= 0.3 is 6.03 Å². The minimum Gasteiger partial charge on any atom is -0.487 e. The number of carbonyl (C=O) groups excluding carboxylic acids is 1. The second-order valence-electron chi connectivity index (χ2n) is 5.35. The van der Waals surface area contributed by atoms with Gasteiger partial charge in [-0.15, -0.1) is 11.3 Å². The van der Waals surface area contributed by atoms with Crippen LogP contribution in [0.4, 0.5) is 4.79 Å². The van der Waals surface area contributed by atoms with Gasteiger partial charge in [-0.2, -0.15) is 0 Å². The molecule has 1 fully saturated rings. The molecule has 2 amide bonds. The maximum atomic E-state index is 12.3. The van der Waals surface area contributed by atoms with E-state index < -0.39 is 0 Å². The summed E-state index contributed by atoms with van der Waals surface area (Å²) in [5.74, 6) is 0.752. The van der Waals surface area contributed by atoms with E-state index >= 15 is 0 Å². The number of thiophene rings is 1. The maximum Gasteiger partial charge on any atom is 0.318 e. The average Bonchev–Trinajstić information content (AvgIpc) is 3.19. The maximum absolute atomic E-state index is 12.3. The molecule has 0 unspecified atom stereocenters. The molecule has 2 aromatic rings. The normalized spacial score (nSPS) is 19.0. The second kappa shape index (κ2) is 6.79. The highest BCUT2D eigenvalue weighted by atomic mass is 32.1. The number of nitrogens with one attached hydrogen (secondary N) is 1. The minimum atomic E-state index is -0.0295. The smallest absolute Gasteiger partial charge is 0.318 e. The monoisotopic (exact) mass is 317 g/mol. The van der Waals surface area contributed by atoms with Crippen molar-refractivity contribution in [3.05, 3.63) is 46.9 Å². The van der Waals surface area contributed by atoms with Crippen molar-refractivity contribution in [2.75, 3.05) is 13.1 Å². The molecule has 22 heavy (non-hydrogen) atoms. The molecule has 3 rings (SSSR count). The molecule has 6 heteroatoms. The molecular weight excluding hydrogens is 298 g/mol. The van der Waals surface area contributed by atoms with Crippen LogP contribution in [0.25, 0.3) is 0 Å². The zero-order valence-corrected chi connectivity index (χ0v) is 13.3. The molecule has 1 N–H and O–H groups in total. The molecule has 0 saturated carbocycles. The van der Waals surface area contributed by atoms with E-state index in [0.717, 1.165) is 17.0 Å². The van der Waals surface area contributed by atoms with Crippen LogP contribution in [0.1, 0.15) is 24.3 Å². The Balaban J connectivity index is 1.50. The lowest BCUT2D eigenvalue weighted by Crippen LogP contribution is -2.40. The first kappa shape index (κ1) is 14.8. The molecule has 116 valence electrons. The molecule has 0 aromatic carbocycles. The summed E-state index contributed by atoms with van der Waals surface area (Å²) < 4.78 is 5.85. The molecule has 0 spiro atoms. The van der Waals surface area contributed by atoms with Gasteiger partial charge in [-0.05, 0) is 30.5 Å². The van der Waals surface area contributed by atoms with Crippen LogP contribution in [-0.2, 0) is 0 Å². The van der Waals surface area contributed by atoms with Crippen molar-refractivity contribution in [3.8, 4) is 5.75 Å². The van der Waals surface area contributed by atoms with E-state index in [1.165, 1.54) is 0 Å². The van der Waals surface area contributed by atoms with E-state index in [0.29, 0.717) is 13.1 Å². The Morgan fingerprint density at radius 1 is 1.50 bits per heavy atom. The molecule has 1 aliphatic heterocycles. The molecule has 2 atom stereocenters. The number of likely N-dealkylation sites (tertiary alicyclic amines) is 1. The molecule has 3 heterocycles. The Morgan fingerprint density at radius 3 is 3.14 bits per heavy atom. The molecule has 0 bridgehead atoms. The van der Waals surface area contributed by atoms with Gasteiger partial charge in [-0.3, -0.25) is 4.98 Å². The minimum absolute atomic E-state index is 0.0295. The third-order valence-electron chi connectivity index (χ3n) is 3.68. The summed E-state index contributed by atoms with van der Waals surface area (Å²) in [7, 11) is 0. The van der Waals surface area contributed by atoms with Gasteiger partial charge in [0, 0.05) is 24.0 Å². The Labute approximate surface area is 133 Å². The Hall–Kier alpha value is -2.08. The topological polar surface area (TPSA) is 54.5 Å². The van der Waals surface area contributed by atoms with Gasteiger partial charge in [-0.1, -0.05) is 6.07 Å². The zero-order chi connectivity index (χ0) is 15.4. The third-order valence-corrected chi connectivity index (χ3v) is 4.73. The van der Waals surface area contributed by atoms with Gasteiger partial charge in [0.05, 0.1) is 18.8 Å². The standard InChI is InChI=1S/C16H19N3O2S/c1-12(15-5-3-9-22-15)18-16(20)19-8-6-14(11-19)21-13-4-2-7-17-10-13/h2-5,7,9-10,12,14H,6,8,11H2,1H3,(H,18,20)/t12-,14-/m0/s1. The van der Waals surface area contributed by atoms with Gasteiger partial charge in [0.25, 0.3) is 0 Å². The summed E-state index contributed by atoms with van der Waals surface area (Å²) >= 11 is 1.65. The summed E-state index contributed by atoms with van der Waals surface area (Å²) in [6.07, 6.45) is 4.29. The van der Waals surface area contributed by atoms with E-state index in [4.69, 9.17) is 4.74 Å². The van der Waals surface area contributed by atoms with E-state index in [1.54, 1.807) is 23.7 Å². The zero-order valence-electron chi connectivity index (χ0n) is 12.4. The summed E-state index contributed by atoms with van der Waals surface area (Å²) in [5.41, 5.74) is 0. The van der Waals surface area contributed by atoms with Gasteiger partial charge in [0.2, 0.25) is 0 Å². The van der Waals surface area contributed by atoms with Gasteiger partial charge in [0.1, 0.15) is 11.9 Å². The van der Waals surface area contributed by atoms with E-state index in [-0.39, 0.29) is 18.2 Å². The number of aromatic nitrogens is 1. The molecule has 0 radical (unpaired) electrons. The van der Waals surface area contributed by atoms with Crippen LogP contribution in [-0.4, -0.2) is 35.1 Å². The summed E-state index contributed by atoms with van der Waals surface area (Å²) in [5, 5.41) is 5.06. The number of hydrogen-bond acceptors (Lipinski definition) is 4. The predicted molar refractivity (Wildman–Crippen MR) is 86.1 cm³/mol. The Morgan fingerprint density at radius 2 is 2.41 bits per heavy atom. The fourth-order valence-electron chi connectivity index (χ4n) is 2.50. The first-order chi connectivity index (χ1) is 10.7. The number of carbonyl (C=O) groups is 1. The lowest BCUT2D eigenvalue weighted by Gasteiger charge is -2.20. The van der Waals surface area contributed by atoms with Crippen LogP contribution >= 0.6 is 11.3 Å². The van der Waals surface area contributed by atoms with Crippen molar-refractivity contribution in [1.82, 2.24) is 15.2 Å². The first-order valence-electron chi connectivity index (χ1n) is 7.38. The van der Waals surface area contributed by atoms with Crippen molar-refractivity contribution in [2.24, 2.45) is 0 Å². The van der Waals surface area contributed by atoms with Crippen LogP contribution in [0, 0.1) is 0 Å². The van der Waals surface area contributed by atoms with Crippen molar-refractivity contribution in [2.45, 2.75) is 25.5 Å². The van der Waals surface area contributed by atoms with Crippen LogP contribution in [0.3, 0.4) is 0 Å². The Bertz CT molecular complexity index is 603. The van der Waals surface area contributed by atoms with Gasteiger partial charge in [0.15, 0.2) is 0 Å². The third kappa shape index (κ3) is 3.57. The largest absolute Gasteiger partial charge is 0.487 e. The number of amides is 2. The SMILES string of the molecule is C[C@H](NC(=O)N1CC[C@H](Oc2cccnc2)C1)c1cccs1. The summed E-state index contributed by atoms with van der Waals surface area (Å²) in [6, 6.07) is 7.76. The molecular formula is C16H19N3O2S. The van der Waals surface area contributed by atoms with Crippen LogP contribution in [0.2, 0.25) is 0 Å². The number of urea groups is 1. The molecule has 1 saturated heterocycles. The lowest BCUT2D eigenvalue weighted by molar-refractivity contribution is 0.184. The number of hydrogen-bond donors (Lipinski definition) is 1. The second-order valence-corrected chi connectivity index (χ2v) is 6.33. The lowest BCUT2D eigenvalue weighted by atomic mass is 10.3. The number of pyridine rings is 1. The van der Waals surface area contributed by atoms with E-state index in [2.05, 4.69) is 10.3 Å². The highest BCUT2D eigenvalue weighted by Crippen LogP contribution is 2.20. The summed E-state index contributed by atoms with van der Waals surface area (Å²) in [4.78, 5) is 19.3. The van der Waals surface area contributed by atoms with Crippen molar-refractivity contribution in [1.29, 1.82) is 0 Å². The quantitative estimate of drug-likeness (QED) is 0.943. The van der Waals surface area contributed by atoms with Crippen molar-refractivity contribution in [3.63, 3.8) is 0 Å². The molecule has 5 nitrogen and oxygen atoms in total. The highest BCUT2D eigenvalue weighted by Gasteiger charge is 2.28. The fourth-order valence-corrected chi connectivity index (χ4v) is 3.24. The van der Waals surface area contributed by atoms with Gasteiger partial charge in [-0.25, -0.2) is 4.79 Å². The summed E-state index contributed by atoms with van der Waals surface area (Å²) in [6.45, 7) is 3.33. The van der Waals surface area contributed by atoms with Crippen molar-refractivity contribution >= 4 is 17.4 Å². The molecule has 1 aliphatic rings. The van der Waals surface area contributed by atoms with Crippen molar-refractivity contribution < 1.29 is 9.53 Å². The number of nitrogens with zero attached hydrogens (tertiary/aromatic N) is 2. The van der Waals surface area contributed by atoms with Crippen LogP contribution in [0.5, 0.6) is 5.75 Å². The van der Waals surface area contributed by atoms with Crippen LogP contribution in [0.15, 0.2) is 42.0 Å².